The summed E-state index contributed by atoms with van der Waals surface area (Å²) in [6, 6.07) is 6.78. The second-order valence-electron chi connectivity index (χ2n) is 10.6. The van der Waals surface area contributed by atoms with Crippen LogP contribution >= 0.6 is 0 Å². The molecule has 0 N–H and O–H groups in total. The van der Waals surface area contributed by atoms with Crippen molar-refractivity contribution in [1.29, 1.82) is 0 Å². The van der Waals surface area contributed by atoms with Crippen LogP contribution in [0.3, 0.4) is 0 Å². The summed E-state index contributed by atoms with van der Waals surface area (Å²) in [6.07, 6.45) is 5.28. The minimum Gasteiger partial charge on any atom is -0.497 e. The first-order valence-electron chi connectivity index (χ1n) is 12.4. The molecule has 0 bridgehead atoms. The summed E-state index contributed by atoms with van der Waals surface area (Å²) in [7, 11) is 2.77. The van der Waals surface area contributed by atoms with Crippen molar-refractivity contribution in [1.82, 2.24) is 24.7 Å². The van der Waals surface area contributed by atoms with E-state index in [1.165, 1.54) is 20.3 Å². The molecule has 0 saturated carbocycles. The molecule has 38 heavy (non-hydrogen) atoms. The van der Waals surface area contributed by atoms with E-state index in [-0.39, 0.29) is 16.5 Å². The lowest BCUT2D eigenvalue weighted by Gasteiger charge is -2.37. The molecule has 0 amide bonds. The summed E-state index contributed by atoms with van der Waals surface area (Å²) in [5, 5.41) is 4.26. The number of aryl methyl sites for hydroxylation is 1. The van der Waals surface area contributed by atoms with Gasteiger partial charge in [0.2, 0.25) is 0 Å². The normalized spacial score (nSPS) is 12.1. The Hall–Kier alpha value is -3.57. The van der Waals surface area contributed by atoms with Crippen LogP contribution in [0.2, 0.25) is 18.1 Å². The molecule has 0 unspecified atom stereocenters. The highest BCUT2D eigenvalue weighted by Gasteiger charge is 2.37. The molecule has 4 aromatic rings. The third-order valence-electron chi connectivity index (χ3n) is 6.99. The number of hydrogen-bond acceptors (Lipinski definition) is 8. The number of anilines is 2. The van der Waals surface area contributed by atoms with Crippen molar-refractivity contribution in [2.45, 2.75) is 38.9 Å². The van der Waals surface area contributed by atoms with Crippen LogP contribution in [-0.4, -0.2) is 60.4 Å². The van der Waals surface area contributed by atoms with E-state index in [0.29, 0.717) is 41.6 Å². The maximum Gasteiger partial charge on any atom is 0.192 e. The van der Waals surface area contributed by atoms with Gasteiger partial charge in [0.15, 0.2) is 25.5 Å². The Bertz CT molecular complexity index is 1440. The van der Waals surface area contributed by atoms with Gasteiger partial charge in [0.25, 0.3) is 0 Å². The number of pyridine rings is 1. The molecule has 11 heteroatoms. The largest absolute Gasteiger partial charge is 0.497 e. The predicted octanol–water partition coefficient (Wildman–Crippen LogP) is 5.74. The van der Waals surface area contributed by atoms with E-state index in [4.69, 9.17) is 23.9 Å². The average molecular weight is 539 g/mol. The zero-order valence-electron chi connectivity index (χ0n) is 23.2. The highest BCUT2D eigenvalue weighted by molar-refractivity contribution is 6.74. The van der Waals surface area contributed by atoms with Crippen LogP contribution in [0.4, 0.5) is 15.9 Å². The van der Waals surface area contributed by atoms with E-state index >= 15 is 4.39 Å². The molecule has 3 aromatic heterocycles. The van der Waals surface area contributed by atoms with Gasteiger partial charge in [-0.3, -0.25) is 9.67 Å². The maximum atomic E-state index is 15.7. The second kappa shape index (κ2) is 10.7. The zero-order chi connectivity index (χ0) is 27.7. The molecule has 1 aromatic carbocycles. The molecule has 0 spiro atoms. The van der Waals surface area contributed by atoms with E-state index < -0.39 is 14.1 Å². The lowest BCUT2D eigenvalue weighted by Crippen LogP contribution is -2.42. The van der Waals surface area contributed by atoms with Gasteiger partial charge in [0.1, 0.15) is 17.1 Å². The number of methoxy groups -OCH3 is 2. The summed E-state index contributed by atoms with van der Waals surface area (Å²) in [6.45, 7) is 11.7. The quantitative estimate of drug-likeness (QED) is 0.249. The second-order valence-corrected chi connectivity index (χ2v) is 15.4. The van der Waals surface area contributed by atoms with Gasteiger partial charge in [-0.05, 0) is 30.3 Å². The van der Waals surface area contributed by atoms with Gasteiger partial charge in [-0.2, -0.15) is 5.10 Å². The SMILES string of the molecule is COc1cc(OC)c(F)c(N(CCO[Si](C)(C)C(C)(C)C)c2ccc3ncc(-c4cnn(C)c4)nc3n2)c1. The molecule has 0 saturated heterocycles. The molecular weight excluding hydrogens is 503 g/mol. The fourth-order valence-electron chi connectivity index (χ4n) is 3.72. The van der Waals surface area contributed by atoms with Crippen molar-refractivity contribution >= 4 is 31.0 Å². The molecule has 0 aliphatic heterocycles. The van der Waals surface area contributed by atoms with Crippen LogP contribution in [0.15, 0.2) is 42.9 Å². The standard InChI is InChI=1S/C27H35FN6O3Si/c1-27(2,3)38(7,8)37-12-11-34(22-13-19(35-5)14-23(36-6)25(22)28)24-10-9-20-26(32-24)31-21(16-29-20)18-15-30-33(4)17-18/h9-10,13-17H,11-12H2,1-8H3. The Morgan fingerprint density at radius 1 is 1.05 bits per heavy atom. The summed E-state index contributed by atoms with van der Waals surface area (Å²) in [4.78, 5) is 15.8. The molecule has 9 nitrogen and oxygen atoms in total. The summed E-state index contributed by atoms with van der Waals surface area (Å²) in [5.41, 5.74) is 2.81. The van der Waals surface area contributed by atoms with Gasteiger partial charge in [0.05, 0.1) is 44.6 Å². The predicted molar refractivity (Wildman–Crippen MR) is 149 cm³/mol. The number of nitrogens with zero attached hydrogens (tertiary/aromatic N) is 6. The van der Waals surface area contributed by atoms with Crippen LogP contribution in [0, 0.1) is 5.82 Å². The van der Waals surface area contributed by atoms with Crippen LogP contribution < -0.4 is 14.4 Å². The summed E-state index contributed by atoms with van der Waals surface area (Å²) in [5.74, 6) is 0.531. The number of rotatable bonds is 9. The van der Waals surface area contributed by atoms with Crippen LogP contribution in [0.25, 0.3) is 22.4 Å². The Kier molecular flexibility index (Phi) is 7.70. The third-order valence-corrected chi connectivity index (χ3v) is 11.5. The third kappa shape index (κ3) is 5.63. The van der Waals surface area contributed by atoms with E-state index in [0.717, 1.165) is 5.56 Å². The van der Waals surface area contributed by atoms with Gasteiger partial charge in [-0.25, -0.2) is 14.4 Å². The Balaban J connectivity index is 1.78. The van der Waals surface area contributed by atoms with Crippen LogP contribution in [0.1, 0.15) is 20.8 Å². The van der Waals surface area contributed by atoms with Crippen molar-refractivity contribution in [3.05, 3.63) is 48.7 Å². The fraction of sp³-hybridized carbons (Fsp3) is 0.407. The number of hydrogen-bond donors (Lipinski definition) is 0. The first-order valence-corrected chi connectivity index (χ1v) is 15.3. The first kappa shape index (κ1) is 27.5. The maximum absolute atomic E-state index is 15.7. The minimum atomic E-state index is -2.03. The molecule has 0 fully saturated rings. The Morgan fingerprint density at radius 3 is 2.45 bits per heavy atom. The number of fused-ring (bicyclic) bond motifs is 1. The van der Waals surface area contributed by atoms with Gasteiger partial charge in [0, 0.05) is 37.5 Å². The van der Waals surface area contributed by atoms with Gasteiger partial charge < -0.3 is 18.8 Å². The highest BCUT2D eigenvalue weighted by atomic mass is 28.4. The van der Waals surface area contributed by atoms with E-state index in [9.17, 15) is 0 Å². The van der Waals surface area contributed by atoms with Crippen molar-refractivity contribution in [2.24, 2.45) is 7.05 Å². The number of halogens is 1. The lowest BCUT2D eigenvalue weighted by molar-refractivity contribution is 0.296. The zero-order valence-corrected chi connectivity index (χ0v) is 24.2. The van der Waals surface area contributed by atoms with E-state index in [2.05, 4.69) is 43.9 Å². The topological polar surface area (TPSA) is 87.4 Å². The van der Waals surface area contributed by atoms with Crippen molar-refractivity contribution in [3.8, 4) is 22.8 Å². The number of benzene rings is 1. The van der Waals surface area contributed by atoms with E-state index in [1.54, 1.807) is 34.1 Å². The minimum absolute atomic E-state index is 0.0434. The highest BCUT2D eigenvalue weighted by Crippen LogP contribution is 2.38. The molecule has 3 heterocycles. The average Bonchev–Trinajstić information content (AvgIpc) is 3.32. The smallest absolute Gasteiger partial charge is 0.192 e. The van der Waals surface area contributed by atoms with Crippen LogP contribution in [0.5, 0.6) is 11.5 Å². The van der Waals surface area contributed by atoms with Gasteiger partial charge in [-0.1, -0.05) is 20.8 Å². The molecule has 0 radical (unpaired) electrons. The number of ether oxygens (including phenoxy) is 2. The first-order chi connectivity index (χ1) is 17.9. The lowest BCUT2D eigenvalue weighted by atomic mass is 10.2. The molecule has 0 atom stereocenters. The Labute approximate surface area is 223 Å². The summed E-state index contributed by atoms with van der Waals surface area (Å²) < 4.78 is 34.5. The van der Waals surface area contributed by atoms with Crippen molar-refractivity contribution in [3.63, 3.8) is 0 Å². The van der Waals surface area contributed by atoms with Crippen LogP contribution in [-0.2, 0) is 11.5 Å². The molecule has 4 rings (SSSR count). The van der Waals surface area contributed by atoms with Gasteiger partial charge >= 0.3 is 0 Å². The molecule has 0 aliphatic rings. The monoisotopic (exact) mass is 538 g/mol. The molecule has 0 aliphatic carbocycles. The summed E-state index contributed by atoms with van der Waals surface area (Å²) >= 11 is 0. The van der Waals surface area contributed by atoms with E-state index in [1.807, 2.05) is 19.3 Å². The van der Waals surface area contributed by atoms with Crippen molar-refractivity contribution < 1.29 is 18.3 Å². The Morgan fingerprint density at radius 2 is 1.82 bits per heavy atom. The van der Waals surface area contributed by atoms with Gasteiger partial charge in [-0.15, -0.1) is 0 Å². The number of aromatic nitrogens is 5. The molecular formula is C27H35FN6O3Si. The van der Waals surface area contributed by atoms with Crippen molar-refractivity contribution in [2.75, 3.05) is 32.3 Å². The fourth-order valence-corrected chi connectivity index (χ4v) is 4.75. The molecule has 202 valence electrons.